The van der Waals surface area contributed by atoms with Crippen LogP contribution in [-0.2, 0) is 0 Å². The lowest BCUT2D eigenvalue weighted by Crippen LogP contribution is -2.46. The van der Waals surface area contributed by atoms with Gasteiger partial charge in [-0.15, -0.1) is 24.8 Å². The van der Waals surface area contributed by atoms with E-state index in [1.165, 1.54) is 0 Å². The molecule has 1 saturated heterocycles. The van der Waals surface area contributed by atoms with Crippen LogP contribution in [-0.4, -0.2) is 56.1 Å². The standard InChI is InChI=1S/C15H23Cl2N3.2ClH/c1-12(14-4-3-13(16)11-15(14)17)19(2)9-10-20-7-5-18-6-8-20;;/h3-4,11-12,18H,5-10H2,1-2H3;2*1H. The molecule has 1 atom stereocenters. The van der Waals surface area contributed by atoms with Gasteiger partial charge in [0.25, 0.3) is 0 Å². The summed E-state index contributed by atoms with van der Waals surface area (Å²) < 4.78 is 0. The molecule has 1 fully saturated rings. The minimum Gasteiger partial charge on any atom is -0.314 e. The van der Waals surface area contributed by atoms with E-state index in [1.807, 2.05) is 18.2 Å². The molecule has 1 N–H and O–H groups in total. The molecule has 0 amide bonds. The van der Waals surface area contributed by atoms with Crippen LogP contribution in [0, 0.1) is 0 Å². The summed E-state index contributed by atoms with van der Waals surface area (Å²) >= 11 is 12.2. The van der Waals surface area contributed by atoms with E-state index in [0.717, 1.165) is 49.9 Å². The average Bonchev–Trinajstić information content (AvgIpc) is 2.45. The van der Waals surface area contributed by atoms with Crippen molar-refractivity contribution in [1.29, 1.82) is 0 Å². The Bertz CT molecular complexity index is 439. The topological polar surface area (TPSA) is 18.5 Å². The molecular weight excluding hydrogens is 364 g/mol. The summed E-state index contributed by atoms with van der Waals surface area (Å²) in [5, 5.41) is 4.82. The molecule has 7 heteroatoms. The Kier molecular flexibility index (Phi) is 11.1. The Balaban J connectivity index is 0.00000220. The van der Waals surface area contributed by atoms with Crippen LogP contribution in [0.5, 0.6) is 0 Å². The summed E-state index contributed by atoms with van der Waals surface area (Å²) in [6.07, 6.45) is 0. The van der Waals surface area contributed by atoms with Crippen molar-refractivity contribution in [2.45, 2.75) is 13.0 Å². The second kappa shape index (κ2) is 10.9. The molecule has 3 nitrogen and oxygen atoms in total. The second-order valence-corrected chi connectivity index (χ2v) is 6.26. The third kappa shape index (κ3) is 6.40. The molecule has 2 rings (SSSR count). The summed E-state index contributed by atoms with van der Waals surface area (Å²) in [5.41, 5.74) is 1.14. The van der Waals surface area contributed by atoms with Crippen molar-refractivity contribution in [2.24, 2.45) is 0 Å². The van der Waals surface area contributed by atoms with Crippen molar-refractivity contribution in [2.75, 3.05) is 46.3 Å². The lowest BCUT2D eigenvalue weighted by molar-refractivity contribution is 0.183. The van der Waals surface area contributed by atoms with Crippen LogP contribution >= 0.6 is 48.0 Å². The van der Waals surface area contributed by atoms with Crippen LogP contribution in [0.25, 0.3) is 0 Å². The zero-order valence-corrected chi connectivity index (χ0v) is 16.2. The molecule has 0 radical (unpaired) electrons. The molecule has 1 unspecified atom stereocenters. The number of nitrogens with one attached hydrogen (secondary N) is 1. The first-order valence-electron chi connectivity index (χ1n) is 7.16. The highest BCUT2D eigenvalue weighted by atomic mass is 35.5. The van der Waals surface area contributed by atoms with Crippen molar-refractivity contribution in [3.8, 4) is 0 Å². The Hall–Kier alpha value is 0.260. The van der Waals surface area contributed by atoms with Gasteiger partial charge in [-0.1, -0.05) is 29.3 Å². The monoisotopic (exact) mass is 387 g/mol. The molecule has 0 saturated carbocycles. The van der Waals surface area contributed by atoms with Gasteiger partial charge in [-0.25, -0.2) is 0 Å². The van der Waals surface area contributed by atoms with Crippen LogP contribution in [0.2, 0.25) is 10.0 Å². The van der Waals surface area contributed by atoms with E-state index in [-0.39, 0.29) is 24.8 Å². The van der Waals surface area contributed by atoms with Gasteiger partial charge in [-0.3, -0.25) is 9.80 Å². The maximum Gasteiger partial charge on any atom is 0.0468 e. The molecule has 1 aromatic carbocycles. The number of rotatable bonds is 5. The lowest BCUT2D eigenvalue weighted by atomic mass is 10.1. The zero-order chi connectivity index (χ0) is 14.5. The maximum absolute atomic E-state index is 6.29. The number of likely N-dealkylation sites (N-methyl/N-ethyl adjacent to an activating group) is 1. The third-order valence-electron chi connectivity index (χ3n) is 4.05. The predicted octanol–water partition coefficient (Wildman–Crippen LogP) is 3.74. The van der Waals surface area contributed by atoms with Gasteiger partial charge in [-0.2, -0.15) is 0 Å². The first kappa shape index (κ1) is 22.3. The van der Waals surface area contributed by atoms with E-state index in [1.54, 1.807) is 0 Å². The fraction of sp³-hybridized carbons (Fsp3) is 0.600. The fourth-order valence-corrected chi connectivity index (χ4v) is 3.07. The van der Waals surface area contributed by atoms with E-state index in [2.05, 4.69) is 29.1 Å². The quantitative estimate of drug-likeness (QED) is 0.828. The van der Waals surface area contributed by atoms with Crippen molar-refractivity contribution in [3.05, 3.63) is 33.8 Å². The minimum atomic E-state index is 0. The summed E-state index contributed by atoms with van der Waals surface area (Å²) in [4.78, 5) is 4.85. The molecule has 0 aromatic heterocycles. The highest BCUT2D eigenvalue weighted by molar-refractivity contribution is 6.35. The molecule has 1 aliphatic rings. The SMILES string of the molecule is CC(c1ccc(Cl)cc1Cl)N(C)CCN1CCNCC1.Cl.Cl. The Morgan fingerprint density at radius 1 is 1.23 bits per heavy atom. The summed E-state index contributed by atoms with van der Waals surface area (Å²) in [6, 6.07) is 6.04. The number of nitrogens with zero attached hydrogens (tertiary/aromatic N) is 2. The smallest absolute Gasteiger partial charge is 0.0468 e. The highest BCUT2D eigenvalue weighted by Crippen LogP contribution is 2.28. The number of hydrogen-bond donors (Lipinski definition) is 1. The Morgan fingerprint density at radius 2 is 1.86 bits per heavy atom. The first-order valence-corrected chi connectivity index (χ1v) is 7.92. The van der Waals surface area contributed by atoms with Crippen LogP contribution in [0.1, 0.15) is 18.5 Å². The maximum atomic E-state index is 6.29. The lowest BCUT2D eigenvalue weighted by Gasteiger charge is -2.31. The van der Waals surface area contributed by atoms with E-state index in [0.29, 0.717) is 11.1 Å². The third-order valence-corrected chi connectivity index (χ3v) is 4.61. The predicted molar refractivity (Wildman–Crippen MR) is 101 cm³/mol. The van der Waals surface area contributed by atoms with Crippen LogP contribution in [0.3, 0.4) is 0 Å². The summed E-state index contributed by atoms with van der Waals surface area (Å²) in [6.45, 7) is 8.82. The number of benzene rings is 1. The van der Waals surface area contributed by atoms with Gasteiger partial charge in [0.15, 0.2) is 0 Å². The normalized spacial score (nSPS) is 16.8. The van der Waals surface area contributed by atoms with Crippen LogP contribution < -0.4 is 5.32 Å². The van der Waals surface area contributed by atoms with Gasteiger partial charge in [0.05, 0.1) is 0 Å². The van der Waals surface area contributed by atoms with Crippen molar-refractivity contribution in [1.82, 2.24) is 15.1 Å². The molecular formula is C15H25Cl4N3. The van der Waals surface area contributed by atoms with E-state index >= 15 is 0 Å². The van der Waals surface area contributed by atoms with Gasteiger partial charge in [0.1, 0.15) is 0 Å². The number of piperazine rings is 1. The van der Waals surface area contributed by atoms with Gasteiger partial charge in [-0.05, 0) is 31.7 Å². The van der Waals surface area contributed by atoms with Crippen LogP contribution in [0.15, 0.2) is 18.2 Å². The Morgan fingerprint density at radius 3 is 2.45 bits per heavy atom. The molecule has 128 valence electrons. The van der Waals surface area contributed by atoms with Gasteiger partial charge in [0, 0.05) is 55.4 Å². The first-order chi connectivity index (χ1) is 9.58. The molecule has 1 heterocycles. The molecule has 0 aliphatic carbocycles. The number of halogens is 4. The number of hydrogen-bond acceptors (Lipinski definition) is 3. The van der Waals surface area contributed by atoms with Crippen molar-refractivity contribution < 1.29 is 0 Å². The van der Waals surface area contributed by atoms with E-state index in [4.69, 9.17) is 23.2 Å². The minimum absolute atomic E-state index is 0. The molecule has 0 spiro atoms. The van der Waals surface area contributed by atoms with E-state index < -0.39 is 0 Å². The average molecular weight is 389 g/mol. The Labute approximate surface area is 156 Å². The molecule has 1 aliphatic heterocycles. The summed E-state index contributed by atoms with van der Waals surface area (Å²) in [5.74, 6) is 0. The largest absolute Gasteiger partial charge is 0.314 e. The molecule has 22 heavy (non-hydrogen) atoms. The molecule has 0 bridgehead atoms. The highest BCUT2D eigenvalue weighted by Gasteiger charge is 2.16. The van der Waals surface area contributed by atoms with Crippen molar-refractivity contribution >= 4 is 48.0 Å². The van der Waals surface area contributed by atoms with Crippen molar-refractivity contribution in [3.63, 3.8) is 0 Å². The van der Waals surface area contributed by atoms with Gasteiger partial charge < -0.3 is 5.32 Å². The molecule has 1 aromatic rings. The summed E-state index contributed by atoms with van der Waals surface area (Å²) in [7, 11) is 2.15. The van der Waals surface area contributed by atoms with E-state index in [9.17, 15) is 0 Å². The van der Waals surface area contributed by atoms with Crippen LogP contribution in [0.4, 0.5) is 0 Å². The second-order valence-electron chi connectivity index (χ2n) is 5.41. The van der Waals surface area contributed by atoms with Gasteiger partial charge in [0.2, 0.25) is 0 Å². The van der Waals surface area contributed by atoms with Gasteiger partial charge >= 0.3 is 0 Å². The zero-order valence-electron chi connectivity index (χ0n) is 13.0. The fourth-order valence-electron chi connectivity index (χ4n) is 2.51.